The lowest BCUT2D eigenvalue weighted by Gasteiger charge is -2.10. The van der Waals surface area contributed by atoms with Gasteiger partial charge >= 0.3 is 5.97 Å². The fourth-order valence-electron chi connectivity index (χ4n) is 1.60. The number of rotatable bonds is 7. The van der Waals surface area contributed by atoms with Crippen LogP contribution in [0.4, 0.5) is 0 Å². The summed E-state index contributed by atoms with van der Waals surface area (Å²) in [5.74, 6) is -0.0660. The van der Waals surface area contributed by atoms with E-state index in [4.69, 9.17) is 21.8 Å². The first kappa shape index (κ1) is 13.9. The van der Waals surface area contributed by atoms with Crippen LogP contribution in [-0.2, 0) is 11.3 Å². The van der Waals surface area contributed by atoms with Crippen LogP contribution >= 0.6 is 12.2 Å². The second-order valence-corrected chi connectivity index (χ2v) is 4.17. The highest BCUT2D eigenvalue weighted by Crippen LogP contribution is 2.06. The van der Waals surface area contributed by atoms with Gasteiger partial charge in [-0.15, -0.1) is 0 Å². The zero-order valence-electron chi connectivity index (χ0n) is 9.97. The maximum Gasteiger partial charge on any atom is 0.320 e. The van der Waals surface area contributed by atoms with E-state index in [1.54, 1.807) is 7.05 Å². The van der Waals surface area contributed by atoms with Crippen molar-refractivity contribution in [3.8, 4) is 0 Å². The molecule has 1 rings (SSSR count). The summed E-state index contributed by atoms with van der Waals surface area (Å²) in [4.78, 5) is 11.1. The van der Waals surface area contributed by atoms with E-state index in [0.717, 1.165) is 18.7 Å². The zero-order valence-corrected chi connectivity index (χ0v) is 10.8. The number of aromatic nitrogens is 2. The molecule has 1 atom stereocenters. The van der Waals surface area contributed by atoms with Gasteiger partial charge in [-0.25, -0.2) is 0 Å². The number of unbranched alkanes of at least 4 members (excludes halogenated alkanes) is 1. The average molecular weight is 259 g/mol. The third-order valence-electron chi connectivity index (χ3n) is 2.64. The first-order chi connectivity index (χ1) is 8.06. The lowest BCUT2D eigenvalue weighted by Crippen LogP contribution is -2.33. The third kappa shape index (κ3) is 3.94. The molecule has 96 valence electrons. The van der Waals surface area contributed by atoms with Crippen LogP contribution in [0.1, 0.15) is 25.1 Å². The molecule has 0 aliphatic carbocycles. The maximum absolute atomic E-state index is 10.8. The van der Waals surface area contributed by atoms with Crippen molar-refractivity contribution in [3.63, 3.8) is 0 Å². The van der Waals surface area contributed by atoms with Crippen LogP contribution in [0.5, 0.6) is 0 Å². The number of carboxylic acid groups (broad SMARTS) is 1. The molecule has 1 unspecified atom stereocenters. The smallest absolute Gasteiger partial charge is 0.320 e. The van der Waals surface area contributed by atoms with E-state index in [1.165, 1.54) is 0 Å². The molecule has 0 bridgehead atoms. The fourth-order valence-corrected chi connectivity index (χ4v) is 1.86. The lowest BCUT2D eigenvalue weighted by molar-refractivity contribution is -0.139. The molecule has 0 spiro atoms. The number of aryl methyl sites for hydroxylation is 1. The van der Waals surface area contributed by atoms with Gasteiger partial charge in [-0.2, -0.15) is 0 Å². The minimum absolute atomic E-state index is 0.367. The van der Waals surface area contributed by atoms with Gasteiger partial charge in [-0.1, -0.05) is 5.16 Å². The number of carboxylic acids is 1. The van der Waals surface area contributed by atoms with Gasteiger partial charge in [-0.3, -0.25) is 9.36 Å². The van der Waals surface area contributed by atoms with E-state index in [-0.39, 0.29) is 0 Å². The molecule has 6 nitrogen and oxygen atoms in total. The maximum atomic E-state index is 10.8. The van der Waals surface area contributed by atoms with Gasteiger partial charge in [-0.05, 0) is 45.5 Å². The molecule has 1 aromatic rings. The van der Waals surface area contributed by atoms with Crippen molar-refractivity contribution in [2.75, 3.05) is 7.05 Å². The van der Waals surface area contributed by atoms with Gasteiger partial charge < -0.3 is 14.9 Å². The zero-order chi connectivity index (χ0) is 12.8. The number of hydrogen-bond donors (Lipinski definition) is 2. The molecule has 0 amide bonds. The average Bonchev–Trinajstić information content (AvgIpc) is 2.59. The van der Waals surface area contributed by atoms with Crippen LogP contribution in [0, 0.1) is 11.8 Å². The molecular formula is C10H17N3O3S. The molecule has 0 fully saturated rings. The van der Waals surface area contributed by atoms with Crippen molar-refractivity contribution in [1.29, 1.82) is 0 Å². The van der Waals surface area contributed by atoms with Crippen molar-refractivity contribution in [3.05, 3.63) is 10.7 Å². The third-order valence-corrected chi connectivity index (χ3v) is 2.93. The summed E-state index contributed by atoms with van der Waals surface area (Å²) in [6, 6.07) is -0.480. The molecule has 0 aliphatic heterocycles. The van der Waals surface area contributed by atoms with E-state index in [1.807, 2.05) is 11.5 Å². The fraction of sp³-hybridized carbons (Fsp3) is 0.700. The molecule has 1 heterocycles. The highest BCUT2D eigenvalue weighted by Gasteiger charge is 2.13. The van der Waals surface area contributed by atoms with Crippen LogP contribution in [0.3, 0.4) is 0 Å². The highest BCUT2D eigenvalue weighted by atomic mass is 32.1. The predicted octanol–water partition coefficient (Wildman–Crippen LogP) is 1.36. The van der Waals surface area contributed by atoms with Crippen LogP contribution in [0.25, 0.3) is 0 Å². The number of likely N-dealkylation sites (N-methyl/N-ethyl adjacent to an activating group) is 1. The highest BCUT2D eigenvalue weighted by molar-refractivity contribution is 7.71. The Hall–Kier alpha value is -1.21. The summed E-state index contributed by atoms with van der Waals surface area (Å²) >= 11 is 4.97. The molecule has 0 radical (unpaired) electrons. The predicted molar refractivity (Wildman–Crippen MR) is 64.4 cm³/mol. The quantitative estimate of drug-likeness (QED) is 0.568. The van der Waals surface area contributed by atoms with Gasteiger partial charge in [0, 0.05) is 6.54 Å². The van der Waals surface area contributed by atoms with Gasteiger partial charge in [0.25, 0.3) is 4.84 Å². The van der Waals surface area contributed by atoms with E-state index in [9.17, 15) is 4.79 Å². The summed E-state index contributed by atoms with van der Waals surface area (Å²) in [5.41, 5.74) is 0. The van der Waals surface area contributed by atoms with E-state index in [0.29, 0.717) is 17.8 Å². The van der Waals surface area contributed by atoms with Crippen LogP contribution in [-0.4, -0.2) is 33.9 Å². The van der Waals surface area contributed by atoms with E-state index >= 15 is 0 Å². The summed E-state index contributed by atoms with van der Waals surface area (Å²) in [6.45, 7) is 2.54. The topological polar surface area (TPSA) is 80.3 Å². The van der Waals surface area contributed by atoms with E-state index in [2.05, 4.69) is 10.5 Å². The van der Waals surface area contributed by atoms with Crippen molar-refractivity contribution in [2.24, 2.45) is 0 Å². The summed E-state index contributed by atoms with van der Waals surface area (Å²) in [6.07, 6.45) is 2.26. The van der Waals surface area contributed by atoms with Crippen molar-refractivity contribution < 1.29 is 14.4 Å². The molecule has 17 heavy (non-hydrogen) atoms. The summed E-state index contributed by atoms with van der Waals surface area (Å²) in [7, 11) is 1.65. The van der Waals surface area contributed by atoms with Crippen LogP contribution in [0.2, 0.25) is 0 Å². The second-order valence-electron chi connectivity index (χ2n) is 3.82. The van der Waals surface area contributed by atoms with Gasteiger partial charge in [0.05, 0.1) is 0 Å². The summed E-state index contributed by atoms with van der Waals surface area (Å²) < 4.78 is 6.66. The Morgan fingerprint density at radius 1 is 1.65 bits per heavy atom. The Kier molecular flexibility index (Phi) is 5.30. The molecule has 0 saturated heterocycles. The largest absolute Gasteiger partial charge is 0.480 e. The standard InChI is InChI=1S/C10H17N3O3S/c1-7-12-16-10(17)13(7)6-4-3-5-8(11-2)9(14)15/h8,11H,3-6H2,1-2H3,(H,14,15). The molecule has 0 saturated carbocycles. The molecular weight excluding hydrogens is 242 g/mol. The van der Waals surface area contributed by atoms with Crippen molar-refractivity contribution >= 4 is 18.2 Å². The number of carbonyl (C=O) groups is 1. The van der Waals surface area contributed by atoms with Crippen molar-refractivity contribution in [2.45, 2.75) is 38.8 Å². The van der Waals surface area contributed by atoms with Crippen LogP contribution in [0.15, 0.2) is 4.52 Å². The Balaban J connectivity index is 2.34. The van der Waals surface area contributed by atoms with E-state index < -0.39 is 12.0 Å². The van der Waals surface area contributed by atoms with Gasteiger partial charge in [0.1, 0.15) is 11.9 Å². The lowest BCUT2D eigenvalue weighted by atomic mass is 10.1. The first-order valence-electron chi connectivity index (χ1n) is 5.49. The molecule has 1 aromatic heterocycles. The van der Waals surface area contributed by atoms with Gasteiger partial charge in [0.15, 0.2) is 0 Å². The minimum atomic E-state index is -0.815. The molecule has 0 aromatic carbocycles. The normalized spacial score (nSPS) is 12.6. The Morgan fingerprint density at radius 2 is 2.35 bits per heavy atom. The monoisotopic (exact) mass is 259 g/mol. The first-order valence-corrected chi connectivity index (χ1v) is 5.90. The molecule has 7 heteroatoms. The minimum Gasteiger partial charge on any atom is -0.480 e. The van der Waals surface area contributed by atoms with Crippen LogP contribution < -0.4 is 5.32 Å². The number of nitrogens with one attached hydrogen (secondary N) is 1. The Morgan fingerprint density at radius 3 is 2.82 bits per heavy atom. The van der Waals surface area contributed by atoms with Gasteiger partial charge in [0.2, 0.25) is 0 Å². The summed E-state index contributed by atoms with van der Waals surface area (Å²) in [5, 5.41) is 15.3. The Labute approximate surface area is 105 Å². The number of aliphatic carboxylic acids is 1. The molecule has 2 N–H and O–H groups in total. The SMILES string of the molecule is CNC(CCCCn1c(C)noc1=S)C(=O)O. The van der Waals surface area contributed by atoms with Crippen molar-refractivity contribution in [1.82, 2.24) is 15.0 Å². The second kappa shape index (κ2) is 6.51. The number of hydrogen-bond acceptors (Lipinski definition) is 5. The Bertz CT molecular complexity index is 427. The molecule has 0 aliphatic rings. The number of nitrogens with zero attached hydrogens (tertiary/aromatic N) is 2.